The Balaban J connectivity index is 1.91. The molecule has 3 heteroatoms. The SMILES string of the molecule is CCNCc1ccc(C2CCCc3cccnc32)c(F)c1. The van der Waals surface area contributed by atoms with Crippen molar-refractivity contribution in [1.82, 2.24) is 10.3 Å². The smallest absolute Gasteiger partial charge is 0.127 e. The minimum absolute atomic E-state index is 0.100. The monoisotopic (exact) mass is 284 g/mol. The molecule has 1 aromatic heterocycles. The molecule has 1 heterocycles. The molecule has 1 aliphatic rings. The molecule has 21 heavy (non-hydrogen) atoms. The van der Waals surface area contributed by atoms with E-state index < -0.39 is 0 Å². The standard InChI is InChI=1S/C18H21FN2/c1-2-20-12-13-8-9-15(17(19)11-13)16-7-3-5-14-6-4-10-21-18(14)16/h4,6,8-11,16,20H,2-3,5,7,12H2,1H3. The van der Waals surface area contributed by atoms with Gasteiger partial charge in [-0.2, -0.15) is 0 Å². The van der Waals surface area contributed by atoms with Gasteiger partial charge in [-0.3, -0.25) is 4.98 Å². The minimum Gasteiger partial charge on any atom is -0.313 e. The Morgan fingerprint density at radius 1 is 1.33 bits per heavy atom. The summed E-state index contributed by atoms with van der Waals surface area (Å²) in [6, 6.07) is 9.72. The van der Waals surface area contributed by atoms with E-state index in [0.29, 0.717) is 6.54 Å². The molecule has 1 aliphatic carbocycles. The Labute approximate surface area is 125 Å². The molecule has 110 valence electrons. The Hall–Kier alpha value is -1.74. The second-order valence-electron chi connectivity index (χ2n) is 5.63. The molecular weight excluding hydrogens is 263 g/mol. The van der Waals surface area contributed by atoms with Crippen LogP contribution in [-0.2, 0) is 13.0 Å². The highest BCUT2D eigenvalue weighted by atomic mass is 19.1. The van der Waals surface area contributed by atoms with Gasteiger partial charge in [-0.15, -0.1) is 0 Å². The third-order valence-corrected chi connectivity index (χ3v) is 4.21. The van der Waals surface area contributed by atoms with Crippen LogP contribution in [0.2, 0.25) is 0 Å². The summed E-state index contributed by atoms with van der Waals surface area (Å²) in [5, 5.41) is 3.23. The van der Waals surface area contributed by atoms with Gasteiger partial charge in [-0.1, -0.05) is 25.1 Å². The number of halogens is 1. The first-order valence-electron chi connectivity index (χ1n) is 7.72. The van der Waals surface area contributed by atoms with Gasteiger partial charge in [0.05, 0.1) is 5.69 Å². The molecule has 1 N–H and O–H groups in total. The largest absolute Gasteiger partial charge is 0.313 e. The third-order valence-electron chi connectivity index (χ3n) is 4.21. The first-order chi connectivity index (χ1) is 10.3. The van der Waals surface area contributed by atoms with Gasteiger partial charge in [0.15, 0.2) is 0 Å². The highest BCUT2D eigenvalue weighted by Gasteiger charge is 2.25. The molecule has 1 atom stereocenters. The quantitative estimate of drug-likeness (QED) is 0.923. The van der Waals surface area contributed by atoms with Crippen LogP contribution in [0.1, 0.15) is 48.1 Å². The topological polar surface area (TPSA) is 24.9 Å². The lowest BCUT2D eigenvalue weighted by Crippen LogP contribution is -2.15. The van der Waals surface area contributed by atoms with Crippen molar-refractivity contribution in [2.45, 2.75) is 38.6 Å². The summed E-state index contributed by atoms with van der Waals surface area (Å²) in [4.78, 5) is 4.51. The fraction of sp³-hybridized carbons (Fsp3) is 0.389. The number of hydrogen-bond acceptors (Lipinski definition) is 2. The molecule has 0 fully saturated rings. The number of nitrogens with one attached hydrogen (secondary N) is 1. The van der Waals surface area contributed by atoms with Crippen LogP contribution in [0.5, 0.6) is 0 Å². The molecule has 0 radical (unpaired) electrons. The van der Waals surface area contributed by atoms with E-state index in [1.54, 1.807) is 6.07 Å². The van der Waals surface area contributed by atoms with E-state index in [9.17, 15) is 4.39 Å². The van der Waals surface area contributed by atoms with Gasteiger partial charge in [-0.25, -0.2) is 4.39 Å². The van der Waals surface area contributed by atoms with Gasteiger partial charge >= 0.3 is 0 Å². The number of nitrogens with zero attached hydrogens (tertiary/aromatic N) is 1. The van der Waals surface area contributed by atoms with Crippen molar-refractivity contribution < 1.29 is 4.39 Å². The zero-order valence-electron chi connectivity index (χ0n) is 12.4. The molecule has 2 aromatic rings. The Bertz CT molecular complexity index is 624. The van der Waals surface area contributed by atoms with Crippen molar-refractivity contribution in [2.24, 2.45) is 0 Å². The van der Waals surface area contributed by atoms with Crippen LogP contribution in [0, 0.1) is 5.82 Å². The molecule has 0 amide bonds. The molecule has 3 rings (SSSR count). The fourth-order valence-corrected chi connectivity index (χ4v) is 3.14. The van der Waals surface area contributed by atoms with Crippen LogP contribution in [-0.4, -0.2) is 11.5 Å². The van der Waals surface area contributed by atoms with E-state index in [0.717, 1.165) is 42.6 Å². The first kappa shape index (κ1) is 14.2. The molecule has 0 saturated heterocycles. The predicted molar refractivity (Wildman–Crippen MR) is 82.8 cm³/mol. The van der Waals surface area contributed by atoms with E-state index in [-0.39, 0.29) is 11.7 Å². The summed E-state index contributed by atoms with van der Waals surface area (Å²) in [6.07, 6.45) is 4.95. The number of benzene rings is 1. The second kappa shape index (κ2) is 6.35. The maximum Gasteiger partial charge on any atom is 0.127 e. The summed E-state index contributed by atoms with van der Waals surface area (Å²) in [5.74, 6) is -0.00274. The molecule has 0 aliphatic heterocycles. The van der Waals surface area contributed by atoms with E-state index in [1.165, 1.54) is 5.56 Å². The van der Waals surface area contributed by atoms with Crippen molar-refractivity contribution in [2.75, 3.05) is 6.54 Å². The number of hydrogen-bond donors (Lipinski definition) is 1. The summed E-state index contributed by atoms with van der Waals surface area (Å²) in [5.41, 5.74) is 4.11. The summed E-state index contributed by atoms with van der Waals surface area (Å²) in [7, 11) is 0. The van der Waals surface area contributed by atoms with Crippen molar-refractivity contribution >= 4 is 0 Å². The highest BCUT2D eigenvalue weighted by molar-refractivity contribution is 5.37. The fourth-order valence-electron chi connectivity index (χ4n) is 3.14. The molecule has 1 unspecified atom stereocenters. The first-order valence-corrected chi connectivity index (χ1v) is 7.72. The van der Waals surface area contributed by atoms with E-state index in [1.807, 2.05) is 24.4 Å². The van der Waals surface area contributed by atoms with Crippen molar-refractivity contribution in [3.05, 3.63) is 64.7 Å². The molecule has 2 nitrogen and oxygen atoms in total. The summed E-state index contributed by atoms with van der Waals surface area (Å²) >= 11 is 0. The highest BCUT2D eigenvalue weighted by Crippen LogP contribution is 2.36. The Kier molecular flexibility index (Phi) is 4.30. The molecule has 0 spiro atoms. The average molecular weight is 284 g/mol. The lowest BCUT2D eigenvalue weighted by atomic mass is 9.82. The second-order valence-corrected chi connectivity index (χ2v) is 5.63. The zero-order chi connectivity index (χ0) is 14.7. The third kappa shape index (κ3) is 2.98. The maximum atomic E-state index is 14.5. The Morgan fingerprint density at radius 3 is 3.05 bits per heavy atom. The van der Waals surface area contributed by atoms with E-state index >= 15 is 0 Å². The molecule has 1 aromatic carbocycles. The van der Waals surface area contributed by atoms with Crippen LogP contribution >= 0.6 is 0 Å². The van der Waals surface area contributed by atoms with Gasteiger partial charge in [0.25, 0.3) is 0 Å². The normalized spacial score (nSPS) is 17.5. The van der Waals surface area contributed by atoms with Crippen LogP contribution in [0.15, 0.2) is 36.5 Å². The number of aryl methyl sites for hydroxylation is 1. The number of aromatic nitrogens is 1. The van der Waals surface area contributed by atoms with Gasteiger partial charge in [0, 0.05) is 18.7 Å². The molecule has 0 saturated carbocycles. The Morgan fingerprint density at radius 2 is 2.24 bits per heavy atom. The van der Waals surface area contributed by atoms with Crippen LogP contribution < -0.4 is 5.32 Å². The van der Waals surface area contributed by atoms with Gasteiger partial charge < -0.3 is 5.32 Å². The van der Waals surface area contributed by atoms with Gasteiger partial charge in [-0.05, 0) is 54.6 Å². The van der Waals surface area contributed by atoms with E-state index in [2.05, 4.69) is 23.3 Å². The predicted octanol–water partition coefficient (Wildman–Crippen LogP) is 3.80. The van der Waals surface area contributed by atoms with Crippen molar-refractivity contribution in [3.8, 4) is 0 Å². The molecule has 0 bridgehead atoms. The average Bonchev–Trinajstić information content (AvgIpc) is 2.53. The van der Waals surface area contributed by atoms with E-state index in [4.69, 9.17) is 0 Å². The lowest BCUT2D eigenvalue weighted by molar-refractivity contribution is 0.547. The van der Waals surface area contributed by atoms with Crippen LogP contribution in [0.4, 0.5) is 4.39 Å². The van der Waals surface area contributed by atoms with Crippen molar-refractivity contribution in [1.29, 1.82) is 0 Å². The van der Waals surface area contributed by atoms with Crippen molar-refractivity contribution in [3.63, 3.8) is 0 Å². The number of pyridine rings is 1. The molecular formula is C18H21FN2. The van der Waals surface area contributed by atoms with Crippen LogP contribution in [0.25, 0.3) is 0 Å². The van der Waals surface area contributed by atoms with Gasteiger partial charge in [0.1, 0.15) is 5.82 Å². The zero-order valence-corrected chi connectivity index (χ0v) is 12.4. The number of rotatable bonds is 4. The summed E-state index contributed by atoms with van der Waals surface area (Å²) < 4.78 is 14.5. The number of fused-ring (bicyclic) bond motifs is 1. The minimum atomic E-state index is -0.103. The van der Waals surface area contributed by atoms with Gasteiger partial charge in [0.2, 0.25) is 0 Å². The maximum absolute atomic E-state index is 14.5. The van der Waals surface area contributed by atoms with Crippen LogP contribution in [0.3, 0.4) is 0 Å². The lowest BCUT2D eigenvalue weighted by Gasteiger charge is -2.25. The summed E-state index contributed by atoms with van der Waals surface area (Å²) in [6.45, 7) is 3.66.